The van der Waals surface area contributed by atoms with Crippen LogP contribution in [-0.4, -0.2) is 24.0 Å². The Balaban J connectivity index is 1.99. The summed E-state index contributed by atoms with van der Waals surface area (Å²) in [6.07, 6.45) is 4.10. The molecule has 30 heavy (non-hydrogen) atoms. The average molecular weight is 404 g/mol. The number of carbonyl (C=O) groups excluding carboxylic acids is 2. The largest absolute Gasteiger partial charge is 0.469 e. The molecule has 2 N–H and O–H groups in total. The normalized spacial score (nSPS) is 15.2. The fourth-order valence-corrected chi connectivity index (χ4v) is 3.24. The highest BCUT2D eigenvalue weighted by Gasteiger charge is 2.23. The van der Waals surface area contributed by atoms with Crippen LogP contribution in [-0.2, 0) is 20.7 Å². The zero-order valence-corrected chi connectivity index (χ0v) is 17.3. The van der Waals surface area contributed by atoms with Gasteiger partial charge in [0.1, 0.15) is 0 Å². The first-order chi connectivity index (χ1) is 14.4. The number of hydrogen-bond acceptors (Lipinski definition) is 5. The molecule has 2 aromatic rings. The molecule has 0 atom stereocenters. The SMILES string of the molecule is C=CC1=C(C)/C(=C/c2[nH]c(N=Nc3ccccc3)c(CCC(=O)OC)c2C)NC1=O. The van der Waals surface area contributed by atoms with E-state index >= 15 is 0 Å². The second-order valence-corrected chi connectivity index (χ2v) is 6.86. The number of allylic oxidation sites excluding steroid dienone is 1. The van der Waals surface area contributed by atoms with Crippen LogP contribution < -0.4 is 5.32 Å². The molecule has 0 unspecified atom stereocenters. The number of aromatic amines is 1. The van der Waals surface area contributed by atoms with Crippen molar-refractivity contribution in [3.8, 4) is 0 Å². The van der Waals surface area contributed by atoms with Gasteiger partial charge in [-0.2, -0.15) is 0 Å². The number of rotatable bonds is 7. The number of aromatic nitrogens is 1. The molecule has 1 aliphatic heterocycles. The molecule has 2 heterocycles. The first-order valence-corrected chi connectivity index (χ1v) is 9.56. The summed E-state index contributed by atoms with van der Waals surface area (Å²) < 4.78 is 4.77. The van der Waals surface area contributed by atoms with Crippen LogP contribution in [0.3, 0.4) is 0 Å². The van der Waals surface area contributed by atoms with Crippen LogP contribution in [0.1, 0.15) is 30.2 Å². The topological polar surface area (TPSA) is 95.9 Å². The summed E-state index contributed by atoms with van der Waals surface area (Å²) in [5.41, 5.74) is 5.40. The standard InChI is InChI=1S/C23H24N4O3/c1-5-17-14(2)20(25-23(17)29)13-19-15(3)18(11-12-21(28)30-4)22(24-19)27-26-16-9-7-6-8-10-16/h5-10,13,24H,1,11-12H2,2-4H3,(H,25,29)/b20-13-,27-26?. The van der Waals surface area contributed by atoms with Gasteiger partial charge in [-0.15, -0.1) is 10.2 Å². The highest BCUT2D eigenvalue weighted by Crippen LogP contribution is 2.31. The lowest BCUT2D eigenvalue weighted by molar-refractivity contribution is -0.140. The minimum atomic E-state index is -0.293. The van der Waals surface area contributed by atoms with Crippen molar-refractivity contribution in [1.29, 1.82) is 0 Å². The number of H-pyrrole nitrogens is 1. The third-order valence-corrected chi connectivity index (χ3v) is 5.02. The second-order valence-electron chi connectivity index (χ2n) is 6.86. The minimum absolute atomic E-state index is 0.173. The van der Waals surface area contributed by atoms with E-state index in [9.17, 15) is 9.59 Å². The molecule has 0 saturated carbocycles. The minimum Gasteiger partial charge on any atom is -0.469 e. The number of azo groups is 1. The lowest BCUT2D eigenvalue weighted by atomic mass is 10.0. The molecule has 1 aliphatic rings. The van der Waals surface area contributed by atoms with Gasteiger partial charge in [0.2, 0.25) is 0 Å². The second kappa shape index (κ2) is 9.17. The van der Waals surface area contributed by atoms with Gasteiger partial charge in [0.25, 0.3) is 5.91 Å². The number of benzene rings is 1. The molecule has 7 nitrogen and oxygen atoms in total. The Labute approximate surface area is 175 Å². The summed E-state index contributed by atoms with van der Waals surface area (Å²) in [6, 6.07) is 9.40. The number of nitrogens with zero attached hydrogens (tertiary/aromatic N) is 2. The average Bonchev–Trinajstić information content (AvgIpc) is 3.20. The summed E-state index contributed by atoms with van der Waals surface area (Å²) in [5, 5.41) is 11.5. The molecule has 0 fully saturated rings. The predicted octanol–water partition coefficient (Wildman–Crippen LogP) is 4.82. The van der Waals surface area contributed by atoms with Crippen molar-refractivity contribution in [3.05, 3.63) is 76.7 Å². The molecule has 3 rings (SSSR count). The first kappa shape index (κ1) is 21.0. The number of hydrogen-bond donors (Lipinski definition) is 2. The van der Waals surface area contributed by atoms with Crippen molar-refractivity contribution < 1.29 is 14.3 Å². The van der Waals surface area contributed by atoms with Crippen LogP contribution in [0.2, 0.25) is 0 Å². The Bertz CT molecular complexity index is 1080. The van der Waals surface area contributed by atoms with Crippen molar-refractivity contribution >= 4 is 29.5 Å². The van der Waals surface area contributed by atoms with Crippen molar-refractivity contribution in [2.24, 2.45) is 10.2 Å². The molecular formula is C23H24N4O3. The first-order valence-electron chi connectivity index (χ1n) is 9.56. The number of ether oxygens (including phenoxy) is 1. The molecule has 0 radical (unpaired) electrons. The van der Waals surface area contributed by atoms with Crippen molar-refractivity contribution in [1.82, 2.24) is 10.3 Å². The smallest absolute Gasteiger partial charge is 0.305 e. The van der Waals surface area contributed by atoms with E-state index in [1.807, 2.05) is 50.3 Å². The predicted molar refractivity (Wildman–Crippen MR) is 116 cm³/mol. The van der Waals surface area contributed by atoms with E-state index in [0.29, 0.717) is 23.5 Å². The molecule has 0 bridgehead atoms. The highest BCUT2D eigenvalue weighted by molar-refractivity contribution is 6.03. The van der Waals surface area contributed by atoms with Crippen molar-refractivity contribution in [3.63, 3.8) is 0 Å². The Morgan fingerprint density at radius 1 is 1.20 bits per heavy atom. The zero-order chi connectivity index (χ0) is 21.7. The van der Waals surface area contributed by atoms with Gasteiger partial charge in [-0.05, 0) is 49.6 Å². The van der Waals surface area contributed by atoms with Gasteiger partial charge < -0.3 is 15.0 Å². The van der Waals surface area contributed by atoms with Gasteiger partial charge in [-0.1, -0.05) is 30.9 Å². The molecule has 1 aromatic heterocycles. The lowest BCUT2D eigenvalue weighted by Gasteiger charge is -2.02. The molecule has 0 saturated heterocycles. The van der Waals surface area contributed by atoms with E-state index in [1.54, 1.807) is 6.08 Å². The van der Waals surface area contributed by atoms with Gasteiger partial charge >= 0.3 is 5.97 Å². The van der Waals surface area contributed by atoms with Crippen LogP contribution in [0, 0.1) is 6.92 Å². The maximum Gasteiger partial charge on any atom is 0.305 e. The van der Waals surface area contributed by atoms with Crippen LogP contribution in [0.25, 0.3) is 6.08 Å². The Morgan fingerprint density at radius 3 is 2.57 bits per heavy atom. The Kier molecular flexibility index (Phi) is 6.41. The summed E-state index contributed by atoms with van der Waals surface area (Å²) in [7, 11) is 1.37. The molecule has 7 heteroatoms. The molecule has 0 aliphatic carbocycles. The molecule has 0 spiro atoms. The lowest BCUT2D eigenvalue weighted by Crippen LogP contribution is -2.15. The summed E-state index contributed by atoms with van der Waals surface area (Å²) in [4.78, 5) is 27.0. The fraction of sp³-hybridized carbons (Fsp3) is 0.217. The molecule has 1 amide bonds. The van der Waals surface area contributed by atoms with E-state index in [2.05, 4.69) is 27.1 Å². The van der Waals surface area contributed by atoms with E-state index in [-0.39, 0.29) is 18.3 Å². The van der Waals surface area contributed by atoms with E-state index in [4.69, 9.17) is 4.74 Å². The number of carbonyl (C=O) groups is 2. The van der Waals surface area contributed by atoms with E-state index < -0.39 is 0 Å². The van der Waals surface area contributed by atoms with Crippen LogP contribution in [0.4, 0.5) is 11.5 Å². The van der Waals surface area contributed by atoms with E-state index in [1.165, 1.54) is 7.11 Å². The van der Waals surface area contributed by atoms with Crippen LogP contribution in [0.15, 0.2) is 70.1 Å². The van der Waals surface area contributed by atoms with Crippen molar-refractivity contribution in [2.45, 2.75) is 26.7 Å². The third kappa shape index (κ3) is 4.46. The van der Waals surface area contributed by atoms with Gasteiger partial charge in [-0.25, -0.2) is 0 Å². The number of esters is 1. The number of nitrogens with one attached hydrogen (secondary N) is 2. The summed E-state index contributed by atoms with van der Waals surface area (Å²) in [6.45, 7) is 7.51. The van der Waals surface area contributed by atoms with Gasteiger partial charge in [-0.3, -0.25) is 9.59 Å². The third-order valence-electron chi connectivity index (χ3n) is 5.02. The monoisotopic (exact) mass is 404 g/mol. The quantitative estimate of drug-likeness (QED) is 0.512. The van der Waals surface area contributed by atoms with Crippen LogP contribution in [0.5, 0.6) is 0 Å². The van der Waals surface area contributed by atoms with Gasteiger partial charge in [0, 0.05) is 28.9 Å². The summed E-state index contributed by atoms with van der Waals surface area (Å²) in [5.74, 6) is 0.105. The Morgan fingerprint density at radius 2 is 1.93 bits per heavy atom. The summed E-state index contributed by atoms with van der Waals surface area (Å²) >= 11 is 0. The zero-order valence-electron chi connectivity index (χ0n) is 17.3. The number of amides is 1. The fourth-order valence-electron chi connectivity index (χ4n) is 3.24. The number of methoxy groups -OCH3 is 1. The Hall–Kier alpha value is -3.74. The molecule has 154 valence electrons. The highest BCUT2D eigenvalue weighted by atomic mass is 16.5. The van der Waals surface area contributed by atoms with Crippen LogP contribution >= 0.6 is 0 Å². The van der Waals surface area contributed by atoms with Crippen molar-refractivity contribution in [2.75, 3.05) is 7.11 Å². The molecular weight excluding hydrogens is 380 g/mol. The maximum absolute atomic E-state index is 12.1. The van der Waals surface area contributed by atoms with E-state index in [0.717, 1.165) is 28.1 Å². The van der Waals surface area contributed by atoms with Gasteiger partial charge in [0.05, 0.1) is 12.8 Å². The molecule has 1 aromatic carbocycles. The van der Waals surface area contributed by atoms with Gasteiger partial charge in [0.15, 0.2) is 5.82 Å². The maximum atomic E-state index is 12.1.